The molecular formula is C53H82O9. The van der Waals surface area contributed by atoms with Crippen LogP contribution in [0.2, 0.25) is 0 Å². The maximum Gasteiger partial charge on any atom is 0.306 e. The van der Waals surface area contributed by atoms with Crippen LogP contribution in [0.25, 0.3) is 0 Å². The van der Waals surface area contributed by atoms with E-state index in [1.54, 1.807) is 0 Å². The molecule has 0 bridgehead atoms. The van der Waals surface area contributed by atoms with Crippen LogP contribution in [0.3, 0.4) is 0 Å². The fraction of sp³-hybridized carbons (Fsp3) is 0.566. The lowest BCUT2D eigenvalue weighted by molar-refractivity contribution is -0.305. The summed E-state index contributed by atoms with van der Waals surface area (Å²) in [4.78, 5) is 12.8. The molecule has 1 heterocycles. The van der Waals surface area contributed by atoms with Gasteiger partial charge in [0.25, 0.3) is 0 Å². The Morgan fingerprint density at radius 2 is 0.935 bits per heavy atom. The van der Waals surface area contributed by atoms with Crippen LogP contribution in [0, 0.1) is 0 Å². The van der Waals surface area contributed by atoms with Crippen LogP contribution in [0.1, 0.15) is 129 Å². The Morgan fingerprint density at radius 1 is 0.516 bits per heavy atom. The number of unbranched alkanes of at least 4 members (excludes halogenated alkanes) is 4. The molecule has 6 unspecified atom stereocenters. The van der Waals surface area contributed by atoms with Gasteiger partial charge >= 0.3 is 5.97 Å². The molecule has 0 aromatic carbocycles. The standard InChI is InChI=1S/C53H82O9/c1-3-5-7-9-11-13-15-17-19-21-22-23-24-25-26-27-28-30-32-34-36-38-40-42-49(55)61-47(46-60-53-52(58)51(57)50(56)48(44-54)62-53)45-59-43-41-39-37-35-33-31-29-20-18-16-14-12-10-8-6-4-2/h5-8,11-14,17-20,22-23,25-26,28,30-31,33,37,39,47-48,50-54,56-58H,3-4,9-10,15-16,21,24,27,29,32,34-36,38,40-46H2,1-2H3/b7-5-,8-6-,13-11-,14-12-,19-17-,20-18-,23-22-,26-25-,30-28-,33-31-,39-37-. The van der Waals surface area contributed by atoms with Gasteiger partial charge in [-0.25, -0.2) is 0 Å². The largest absolute Gasteiger partial charge is 0.457 e. The first kappa shape index (κ1) is 56.3. The lowest BCUT2D eigenvalue weighted by Gasteiger charge is -2.39. The monoisotopic (exact) mass is 863 g/mol. The van der Waals surface area contributed by atoms with Gasteiger partial charge in [-0.1, -0.05) is 160 Å². The van der Waals surface area contributed by atoms with Crippen molar-refractivity contribution >= 4 is 5.97 Å². The molecule has 6 atom stereocenters. The molecule has 1 aliphatic rings. The zero-order chi connectivity index (χ0) is 45.0. The van der Waals surface area contributed by atoms with Crippen molar-refractivity contribution in [2.45, 2.75) is 166 Å². The lowest BCUT2D eigenvalue weighted by Crippen LogP contribution is -2.59. The highest BCUT2D eigenvalue weighted by Gasteiger charge is 2.44. The van der Waals surface area contributed by atoms with Gasteiger partial charge in [0.2, 0.25) is 0 Å². The second-order valence-electron chi connectivity index (χ2n) is 15.1. The fourth-order valence-electron chi connectivity index (χ4n) is 6.03. The first-order valence-corrected chi connectivity index (χ1v) is 23.3. The van der Waals surface area contributed by atoms with Gasteiger partial charge in [-0.15, -0.1) is 0 Å². The van der Waals surface area contributed by atoms with E-state index in [4.69, 9.17) is 18.9 Å². The highest BCUT2D eigenvalue weighted by molar-refractivity contribution is 5.69. The molecule has 0 aromatic heterocycles. The lowest BCUT2D eigenvalue weighted by atomic mass is 9.99. The Morgan fingerprint density at radius 3 is 1.39 bits per heavy atom. The number of esters is 1. The number of aliphatic hydroxyl groups is 4. The third kappa shape index (κ3) is 33.0. The highest BCUT2D eigenvalue weighted by atomic mass is 16.7. The molecule has 1 aliphatic heterocycles. The average Bonchev–Trinajstić information content (AvgIpc) is 3.27. The normalized spacial score (nSPS) is 21.0. The van der Waals surface area contributed by atoms with Crippen molar-refractivity contribution < 1.29 is 44.2 Å². The third-order valence-corrected chi connectivity index (χ3v) is 9.58. The first-order chi connectivity index (χ1) is 30.4. The van der Waals surface area contributed by atoms with Crippen molar-refractivity contribution in [2.24, 2.45) is 0 Å². The summed E-state index contributed by atoms with van der Waals surface area (Å²) in [5.74, 6) is -0.370. The summed E-state index contributed by atoms with van der Waals surface area (Å²) in [6.45, 7) is 4.04. The van der Waals surface area contributed by atoms with Gasteiger partial charge in [-0.05, 0) is 96.3 Å². The van der Waals surface area contributed by atoms with Crippen LogP contribution in [0.5, 0.6) is 0 Å². The Balaban J connectivity index is 2.34. The van der Waals surface area contributed by atoms with E-state index in [1.165, 1.54) is 0 Å². The van der Waals surface area contributed by atoms with Crippen LogP contribution < -0.4 is 0 Å². The van der Waals surface area contributed by atoms with Crippen molar-refractivity contribution in [3.63, 3.8) is 0 Å². The molecule has 1 rings (SSSR count). The van der Waals surface area contributed by atoms with Gasteiger partial charge in [0.05, 0.1) is 26.4 Å². The molecule has 0 saturated carbocycles. The number of aliphatic hydroxyl groups excluding tert-OH is 4. The smallest absolute Gasteiger partial charge is 0.306 e. The summed E-state index contributed by atoms with van der Waals surface area (Å²) >= 11 is 0. The molecule has 0 spiro atoms. The predicted molar refractivity (Wildman–Crippen MR) is 255 cm³/mol. The van der Waals surface area contributed by atoms with Crippen molar-refractivity contribution in [3.8, 4) is 0 Å². The second-order valence-corrected chi connectivity index (χ2v) is 15.1. The molecule has 0 aliphatic carbocycles. The van der Waals surface area contributed by atoms with Crippen molar-refractivity contribution in [1.82, 2.24) is 0 Å². The van der Waals surface area contributed by atoms with E-state index in [0.29, 0.717) is 19.4 Å². The van der Waals surface area contributed by atoms with Crippen LogP contribution in [-0.4, -0.2) is 89.6 Å². The van der Waals surface area contributed by atoms with Crippen LogP contribution in [-0.2, 0) is 23.7 Å². The minimum atomic E-state index is -1.56. The SMILES string of the molecule is CC/C=C\C/C=C\C/C=C\C/C=C\C/C=C\C/C=C\CCCCCCC(=O)OC(COCC/C=C\C/C=C\C/C=C\C/C=C\C/C=C\CC)COC1OC(CO)C(O)C(O)C1O. The number of carbonyl (C=O) groups excluding carboxylic acids is 1. The topological polar surface area (TPSA) is 135 Å². The first-order valence-electron chi connectivity index (χ1n) is 23.3. The summed E-state index contributed by atoms with van der Waals surface area (Å²) in [6, 6.07) is 0. The zero-order valence-corrected chi connectivity index (χ0v) is 38.1. The Kier molecular flexibility index (Phi) is 38.7. The molecule has 0 radical (unpaired) electrons. The molecular weight excluding hydrogens is 781 g/mol. The molecule has 0 amide bonds. The molecule has 9 nitrogen and oxygen atoms in total. The summed E-state index contributed by atoms with van der Waals surface area (Å²) in [6.07, 6.45) is 56.4. The van der Waals surface area contributed by atoms with E-state index in [0.717, 1.165) is 96.3 Å². The number of hydrogen-bond donors (Lipinski definition) is 4. The number of allylic oxidation sites excluding steroid dienone is 21. The zero-order valence-electron chi connectivity index (χ0n) is 38.1. The highest BCUT2D eigenvalue weighted by Crippen LogP contribution is 2.22. The molecule has 9 heteroatoms. The second kappa shape index (κ2) is 42.6. The van der Waals surface area contributed by atoms with Gasteiger partial charge in [0.15, 0.2) is 6.29 Å². The number of ether oxygens (including phenoxy) is 4. The van der Waals surface area contributed by atoms with Crippen molar-refractivity contribution in [3.05, 3.63) is 134 Å². The number of hydrogen-bond acceptors (Lipinski definition) is 9. The summed E-state index contributed by atoms with van der Waals surface area (Å²) < 4.78 is 22.7. The Bertz CT molecular complexity index is 1400. The van der Waals surface area contributed by atoms with E-state index in [9.17, 15) is 25.2 Å². The maximum absolute atomic E-state index is 12.8. The summed E-state index contributed by atoms with van der Waals surface area (Å²) in [5, 5.41) is 40.1. The van der Waals surface area contributed by atoms with Gasteiger partial charge < -0.3 is 39.4 Å². The molecule has 348 valence electrons. The van der Waals surface area contributed by atoms with E-state index in [1.807, 2.05) is 6.08 Å². The summed E-state index contributed by atoms with van der Waals surface area (Å²) in [7, 11) is 0. The minimum absolute atomic E-state index is 0.0693. The Labute approximate surface area is 375 Å². The van der Waals surface area contributed by atoms with E-state index in [-0.39, 0.29) is 25.6 Å². The molecule has 62 heavy (non-hydrogen) atoms. The quantitative estimate of drug-likeness (QED) is 0.0273. The van der Waals surface area contributed by atoms with Crippen molar-refractivity contribution in [1.29, 1.82) is 0 Å². The molecule has 1 saturated heterocycles. The minimum Gasteiger partial charge on any atom is -0.457 e. The van der Waals surface area contributed by atoms with Gasteiger partial charge in [-0.2, -0.15) is 0 Å². The van der Waals surface area contributed by atoms with Gasteiger partial charge in [0.1, 0.15) is 30.5 Å². The number of rotatable bonds is 37. The van der Waals surface area contributed by atoms with Gasteiger partial charge in [0, 0.05) is 6.42 Å². The van der Waals surface area contributed by atoms with Crippen molar-refractivity contribution in [2.75, 3.05) is 26.4 Å². The Hall–Kier alpha value is -3.67. The summed E-state index contributed by atoms with van der Waals surface area (Å²) in [5.41, 5.74) is 0. The van der Waals surface area contributed by atoms with E-state index in [2.05, 4.69) is 141 Å². The third-order valence-electron chi connectivity index (χ3n) is 9.58. The predicted octanol–water partition coefficient (Wildman–Crippen LogP) is 10.9. The molecule has 4 N–H and O–H groups in total. The number of carbonyl (C=O) groups is 1. The van der Waals surface area contributed by atoms with Crippen LogP contribution in [0.4, 0.5) is 0 Å². The van der Waals surface area contributed by atoms with Gasteiger partial charge in [-0.3, -0.25) is 4.79 Å². The fourth-order valence-corrected chi connectivity index (χ4v) is 6.03. The average molecular weight is 863 g/mol. The van der Waals surface area contributed by atoms with Crippen LogP contribution >= 0.6 is 0 Å². The van der Waals surface area contributed by atoms with E-state index >= 15 is 0 Å². The molecule has 1 fully saturated rings. The maximum atomic E-state index is 12.8. The van der Waals surface area contributed by atoms with Crippen LogP contribution in [0.15, 0.2) is 134 Å². The van der Waals surface area contributed by atoms with E-state index < -0.39 is 43.4 Å². The molecule has 0 aromatic rings.